The first-order valence-corrected chi connectivity index (χ1v) is 9.25. The van der Waals surface area contributed by atoms with Gasteiger partial charge in [-0.2, -0.15) is 0 Å². The fraction of sp³-hybridized carbons (Fsp3) is 0.263. The van der Waals surface area contributed by atoms with Gasteiger partial charge in [-0.25, -0.2) is 0 Å². The van der Waals surface area contributed by atoms with Gasteiger partial charge in [0.25, 0.3) is 5.91 Å². The van der Waals surface area contributed by atoms with E-state index in [0.29, 0.717) is 16.3 Å². The van der Waals surface area contributed by atoms with Crippen LogP contribution in [-0.2, 0) is 4.79 Å². The molecule has 0 aromatic heterocycles. The molecule has 4 nitrogen and oxygen atoms in total. The van der Waals surface area contributed by atoms with Crippen LogP contribution >= 0.6 is 23.4 Å². The number of para-hydroxylation sites is 1. The van der Waals surface area contributed by atoms with Gasteiger partial charge in [-0.05, 0) is 57.2 Å². The van der Waals surface area contributed by atoms with Crippen LogP contribution in [0, 0.1) is 0 Å². The maximum atomic E-state index is 12.5. The molecule has 0 aliphatic carbocycles. The van der Waals surface area contributed by atoms with E-state index in [9.17, 15) is 9.59 Å². The highest BCUT2D eigenvalue weighted by molar-refractivity contribution is 8.00. The summed E-state index contributed by atoms with van der Waals surface area (Å²) in [7, 11) is 0. The Labute approximate surface area is 157 Å². The highest BCUT2D eigenvalue weighted by Gasteiger charge is 2.18. The second-order valence-electron chi connectivity index (χ2n) is 5.88. The first-order valence-electron chi connectivity index (χ1n) is 8.00. The number of rotatable bonds is 6. The van der Waals surface area contributed by atoms with E-state index < -0.39 is 0 Å². The average Bonchev–Trinajstić information content (AvgIpc) is 2.56. The summed E-state index contributed by atoms with van der Waals surface area (Å²) >= 11 is 7.31. The molecule has 0 heterocycles. The molecule has 0 spiro atoms. The van der Waals surface area contributed by atoms with Gasteiger partial charge in [0.05, 0.1) is 16.5 Å². The molecule has 2 N–H and O–H groups in total. The predicted octanol–water partition coefficient (Wildman–Crippen LogP) is 4.60. The Morgan fingerprint density at radius 2 is 1.64 bits per heavy atom. The highest BCUT2D eigenvalue weighted by atomic mass is 35.5. The summed E-state index contributed by atoms with van der Waals surface area (Å²) in [4.78, 5) is 25.7. The lowest BCUT2D eigenvalue weighted by molar-refractivity contribution is -0.115. The molecular weight excluding hydrogens is 356 g/mol. The second-order valence-corrected chi connectivity index (χ2v) is 7.73. The Bertz CT molecular complexity index is 747. The standard InChI is InChI=1S/C19H21ClN2O2S/c1-12(2)21-19(24)16-6-4-5-7-17(16)22-18(23)13(3)25-15-10-8-14(20)9-11-15/h4-13H,1-3H3,(H,21,24)(H,22,23). The van der Waals surface area contributed by atoms with E-state index in [1.54, 1.807) is 36.4 Å². The van der Waals surface area contributed by atoms with Crippen molar-refractivity contribution in [2.45, 2.75) is 37.0 Å². The molecule has 0 saturated carbocycles. The lowest BCUT2D eigenvalue weighted by Gasteiger charge is -2.15. The smallest absolute Gasteiger partial charge is 0.253 e. The van der Waals surface area contributed by atoms with Gasteiger partial charge in [0.2, 0.25) is 5.91 Å². The number of nitrogens with one attached hydrogen (secondary N) is 2. The maximum absolute atomic E-state index is 12.5. The first-order chi connectivity index (χ1) is 11.9. The van der Waals surface area contributed by atoms with Gasteiger partial charge < -0.3 is 10.6 Å². The molecule has 2 aromatic carbocycles. The van der Waals surface area contributed by atoms with Gasteiger partial charge in [-0.1, -0.05) is 23.7 Å². The third-order valence-corrected chi connectivity index (χ3v) is 4.71. The van der Waals surface area contributed by atoms with Crippen molar-refractivity contribution in [3.63, 3.8) is 0 Å². The summed E-state index contributed by atoms with van der Waals surface area (Å²) in [6, 6.07) is 14.4. The second kappa shape index (κ2) is 8.92. The van der Waals surface area contributed by atoms with Crippen LogP contribution < -0.4 is 10.6 Å². The Kier molecular flexibility index (Phi) is 6.91. The van der Waals surface area contributed by atoms with Gasteiger partial charge in [0.15, 0.2) is 0 Å². The number of benzene rings is 2. The number of thioether (sulfide) groups is 1. The number of carbonyl (C=O) groups excluding carboxylic acids is 2. The summed E-state index contributed by atoms with van der Waals surface area (Å²) in [6.45, 7) is 5.61. The van der Waals surface area contributed by atoms with Crippen molar-refractivity contribution in [3.8, 4) is 0 Å². The van der Waals surface area contributed by atoms with Crippen LogP contribution in [-0.4, -0.2) is 23.1 Å². The zero-order valence-corrected chi connectivity index (χ0v) is 15.9. The maximum Gasteiger partial charge on any atom is 0.253 e. The lowest BCUT2D eigenvalue weighted by atomic mass is 10.1. The molecule has 132 valence electrons. The van der Waals surface area contributed by atoms with Gasteiger partial charge in [0, 0.05) is 16.0 Å². The molecule has 1 atom stereocenters. The SMILES string of the molecule is CC(C)NC(=O)c1ccccc1NC(=O)C(C)Sc1ccc(Cl)cc1. The zero-order chi connectivity index (χ0) is 18.4. The molecule has 2 amide bonds. The van der Waals surface area contributed by atoms with Crippen molar-refractivity contribution in [3.05, 3.63) is 59.1 Å². The summed E-state index contributed by atoms with van der Waals surface area (Å²) in [5.74, 6) is -0.367. The van der Waals surface area contributed by atoms with Crippen LogP contribution in [0.2, 0.25) is 5.02 Å². The summed E-state index contributed by atoms with van der Waals surface area (Å²) < 4.78 is 0. The zero-order valence-electron chi connectivity index (χ0n) is 14.4. The van der Waals surface area contributed by atoms with Crippen LogP contribution in [0.25, 0.3) is 0 Å². The highest BCUT2D eigenvalue weighted by Crippen LogP contribution is 2.26. The third kappa shape index (κ3) is 5.80. The van der Waals surface area contributed by atoms with E-state index in [4.69, 9.17) is 11.6 Å². The minimum Gasteiger partial charge on any atom is -0.350 e. The topological polar surface area (TPSA) is 58.2 Å². The van der Waals surface area contributed by atoms with E-state index in [-0.39, 0.29) is 23.1 Å². The van der Waals surface area contributed by atoms with Gasteiger partial charge in [-0.15, -0.1) is 11.8 Å². The number of anilines is 1. The van der Waals surface area contributed by atoms with Crippen LogP contribution in [0.15, 0.2) is 53.4 Å². The number of halogens is 1. The summed E-state index contributed by atoms with van der Waals surface area (Å²) in [5, 5.41) is 6.03. The van der Waals surface area contributed by atoms with E-state index in [2.05, 4.69) is 10.6 Å². The van der Waals surface area contributed by atoms with Crippen LogP contribution in [0.3, 0.4) is 0 Å². The Hall–Kier alpha value is -1.98. The molecule has 6 heteroatoms. The van der Waals surface area contributed by atoms with Crippen molar-refractivity contribution >= 4 is 40.9 Å². The lowest BCUT2D eigenvalue weighted by Crippen LogP contribution is -2.31. The van der Waals surface area contributed by atoms with E-state index in [0.717, 1.165) is 4.90 Å². The molecule has 2 rings (SSSR count). The summed E-state index contributed by atoms with van der Waals surface area (Å²) in [5.41, 5.74) is 0.961. The molecule has 0 radical (unpaired) electrons. The van der Waals surface area contributed by atoms with Crippen LogP contribution in [0.1, 0.15) is 31.1 Å². The molecule has 2 aromatic rings. The third-order valence-electron chi connectivity index (χ3n) is 3.35. The molecular formula is C19H21ClN2O2S. The van der Waals surface area contributed by atoms with Crippen molar-refractivity contribution in [1.29, 1.82) is 0 Å². The molecule has 0 fully saturated rings. The Morgan fingerprint density at radius 3 is 2.28 bits per heavy atom. The average molecular weight is 377 g/mol. The van der Waals surface area contributed by atoms with Crippen LogP contribution in [0.5, 0.6) is 0 Å². The Morgan fingerprint density at radius 1 is 1.00 bits per heavy atom. The van der Waals surface area contributed by atoms with E-state index in [1.807, 2.05) is 32.9 Å². The number of carbonyl (C=O) groups is 2. The monoisotopic (exact) mass is 376 g/mol. The minimum atomic E-state index is -0.317. The van der Waals surface area contributed by atoms with Crippen molar-refractivity contribution in [1.82, 2.24) is 5.32 Å². The fourth-order valence-corrected chi connectivity index (χ4v) is 3.13. The van der Waals surface area contributed by atoms with E-state index in [1.165, 1.54) is 11.8 Å². The number of hydrogen-bond donors (Lipinski definition) is 2. The van der Waals surface area contributed by atoms with Crippen molar-refractivity contribution in [2.24, 2.45) is 0 Å². The minimum absolute atomic E-state index is 0.0237. The van der Waals surface area contributed by atoms with Crippen LogP contribution in [0.4, 0.5) is 5.69 Å². The number of hydrogen-bond acceptors (Lipinski definition) is 3. The largest absolute Gasteiger partial charge is 0.350 e. The first kappa shape index (κ1) is 19.3. The fourth-order valence-electron chi connectivity index (χ4n) is 2.14. The van der Waals surface area contributed by atoms with Crippen molar-refractivity contribution in [2.75, 3.05) is 5.32 Å². The van der Waals surface area contributed by atoms with Crippen molar-refractivity contribution < 1.29 is 9.59 Å². The summed E-state index contributed by atoms with van der Waals surface area (Å²) in [6.07, 6.45) is 0. The van der Waals surface area contributed by atoms with Gasteiger partial charge in [-0.3, -0.25) is 9.59 Å². The predicted molar refractivity (Wildman–Crippen MR) is 104 cm³/mol. The molecule has 1 unspecified atom stereocenters. The molecule has 0 aliphatic heterocycles. The molecule has 25 heavy (non-hydrogen) atoms. The molecule has 0 aliphatic rings. The number of amides is 2. The van der Waals surface area contributed by atoms with E-state index >= 15 is 0 Å². The van der Waals surface area contributed by atoms with Gasteiger partial charge >= 0.3 is 0 Å². The Balaban J connectivity index is 2.07. The van der Waals surface area contributed by atoms with Gasteiger partial charge in [0.1, 0.15) is 0 Å². The normalized spacial score (nSPS) is 11.9. The molecule has 0 saturated heterocycles. The quantitative estimate of drug-likeness (QED) is 0.724. The molecule has 0 bridgehead atoms.